The molecule has 0 aromatic carbocycles. The van der Waals surface area contributed by atoms with Crippen molar-refractivity contribution in [3.05, 3.63) is 0 Å². The highest BCUT2D eigenvalue weighted by Gasteiger charge is 2.32. The number of ether oxygens (including phenoxy) is 2. The Morgan fingerprint density at radius 1 is 1.25 bits per heavy atom. The molecule has 1 rings (SSSR count). The summed E-state index contributed by atoms with van der Waals surface area (Å²) in [5.74, 6) is -0.636. The predicted octanol–water partition coefficient (Wildman–Crippen LogP) is 2.04. The second-order valence-electron chi connectivity index (χ2n) is 6.62. The van der Waals surface area contributed by atoms with Crippen LogP contribution in [-0.4, -0.2) is 36.2 Å². The van der Waals surface area contributed by atoms with Crippen LogP contribution >= 0.6 is 0 Å². The largest absolute Gasteiger partial charge is 0.458 e. The number of nitrogens with one attached hydrogen (secondary N) is 1. The SMILES string of the molecule is CC(C)[C@H](NC(=O)C1CCCCO1)C(=O)OC(C)(C)C. The third-order valence-electron chi connectivity index (χ3n) is 3.10. The standard InChI is InChI=1S/C15H27NO4/c1-10(2)12(14(18)20-15(3,4)5)16-13(17)11-8-6-7-9-19-11/h10-12H,6-9H2,1-5H3,(H,16,17)/t11?,12-/m0/s1. The van der Waals surface area contributed by atoms with E-state index in [0.717, 1.165) is 12.8 Å². The number of hydrogen-bond donors (Lipinski definition) is 1. The Hall–Kier alpha value is -1.10. The molecule has 0 aromatic heterocycles. The number of rotatable bonds is 4. The number of esters is 1. The van der Waals surface area contributed by atoms with Crippen LogP contribution in [0.25, 0.3) is 0 Å². The van der Waals surface area contributed by atoms with Crippen molar-refractivity contribution in [2.75, 3.05) is 6.61 Å². The van der Waals surface area contributed by atoms with Gasteiger partial charge in [-0.25, -0.2) is 4.79 Å². The van der Waals surface area contributed by atoms with Crippen molar-refractivity contribution in [1.82, 2.24) is 5.32 Å². The van der Waals surface area contributed by atoms with Gasteiger partial charge in [0.05, 0.1) is 0 Å². The van der Waals surface area contributed by atoms with Gasteiger partial charge in [0.1, 0.15) is 17.7 Å². The summed E-state index contributed by atoms with van der Waals surface area (Å²) < 4.78 is 10.8. The van der Waals surface area contributed by atoms with Crippen LogP contribution in [0.1, 0.15) is 53.9 Å². The summed E-state index contributed by atoms with van der Waals surface area (Å²) in [4.78, 5) is 24.3. The lowest BCUT2D eigenvalue weighted by atomic mass is 10.0. The molecule has 5 nitrogen and oxygen atoms in total. The van der Waals surface area contributed by atoms with Gasteiger partial charge in [0.25, 0.3) is 0 Å². The molecule has 1 unspecified atom stereocenters. The first kappa shape index (κ1) is 17.0. The maximum Gasteiger partial charge on any atom is 0.329 e. The van der Waals surface area contributed by atoms with E-state index in [4.69, 9.17) is 9.47 Å². The average Bonchev–Trinajstić information content (AvgIpc) is 2.34. The highest BCUT2D eigenvalue weighted by molar-refractivity contribution is 5.87. The molecule has 0 saturated carbocycles. The Kier molecular flexibility index (Phi) is 5.99. The van der Waals surface area contributed by atoms with E-state index in [1.807, 2.05) is 34.6 Å². The molecule has 1 heterocycles. The maximum absolute atomic E-state index is 12.1. The average molecular weight is 285 g/mol. The normalized spacial score (nSPS) is 21.4. The van der Waals surface area contributed by atoms with Gasteiger partial charge in [0.2, 0.25) is 5.91 Å². The van der Waals surface area contributed by atoms with E-state index in [9.17, 15) is 9.59 Å². The number of carbonyl (C=O) groups excluding carboxylic acids is 2. The minimum Gasteiger partial charge on any atom is -0.458 e. The number of carbonyl (C=O) groups is 2. The molecule has 1 fully saturated rings. The van der Waals surface area contributed by atoms with Gasteiger partial charge in [-0.05, 0) is 46.0 Å². The van der Waals surface area contributed by atoms with Crippen LogP contribution < -0.4 is 5.32 Å². The molecule has 116 valence electrons. The van der Waals surface area contributed by atoms with Crippen molar-refractivity contribution >= 4 is 11.9 Å². The topological polar surface area (TPSA) is 64.6 Å². The molecule has 1 aliphatic rings. The first-order valence-corrected chi connectivity index (χ1v) is 7.35. The molecule has 2 atom stereocenters. The lowest BCUT2D eigenvalue weighted by molar-refractivity contribution is -0.161. The smallest absolute Gasteiger partial charge is 0.329 e. The Labute approximate surface area is 121 Å². The van der Waals surface area contributed by atoms with Crippen molar-refractivity contribution in [2.24, 2.45) is 5.92 Å². The second-order valence-corrected chi connectivity index (χ2v) is 6.62. The van der Waals surface area contributed by atoms with Crippen LogP contribution in [0.2, 0.25) is 0 Å². The Morgan fingerprint density at radius 2 is 1.90 bits per heavy atom. The Morgan fingerprint density at radius 3 is 2.35 bits per heavy atom. The zero-order chi connectivity index (χ0) is 15.3. The van der Waals surface area contributed by atoms with E-state index in [1.165, 1.54) is 0 Å². The highest BCUT2D eigenvalue weighted by atomic mass is 16.6. The molecular weight excluding hydrogens is 258 g/mol. The van der Waals surface area contributed by atoms with Crippen LogP contribution in [0.3, 0.4) is 0 Å². The van der Waals surface area contributed by atoms with Gasteiger partial charge in [-0.3, -0.25) is 4.79 Å². The Bertz CT molecular complexity index is 340. The molecule has 1 N–H and O–H groups in total. The third kappa shape index (κ3) is 5.49. The van der Waals surface area contributed by atoms with Crippen LogP contribution in [0.15, 0.2) is 0 Å². The van der Waals surface area contributed by atoms with Crippen LogP contribution in [-0.2, 0) is 19.1 Å². The van der Waals surface area contributed by atoms with E-state index >= 15 is 0 Å². The summed E-state index contributed by atoms with van der Waals surface area (Å²) in [7, 11) is 0. The molecule has 0 aromatic rings. The third-order valence-corrected chi connectivity index (χ3v) is 3.10. The molecule has 1 saturated heterocycles. The van der Waals surface area contributed by atoms with E-state index < -0.39 is 23.7 Å². The lowest BCUT2D eigenvalue weighted by Gasteiger charge is -2.28. The molecule has 1 aliphatic heterocycles. The zero-order valence-electron chi connectivity index (χ0n) is 13.2. The molecular formula is C15H27NO4. The minimum atomic E-state index is -0.632. The van der Waals surface area contributed by atoms with Crippen LogP contribution in [0.5, 0.6) is 0 Å². The molecule has 5 heteroatoms. The highest BCUT2D eigenvalue weighted by Crippen LogP contribution is 2.15. The van der Waals surface area contributed by atoms with Gasteiger partial charge in [0, 0.05) is 6.61 Å². The van der Waals surface area contributed by atoms with Crippen LogP contribution in [0, 0.1) is 5.92 Å². The molecule has 0 bridgehead atoms. The van der Waals surface area contributed by atoms with Crippen molar-refractivity contribution in [1.29, 1.82) is 0 Å². The van der Waals surface area contributed by atoms with Gasteiger partial charge in [-0.15, -0.1) is 0 Å². The summed E-state index contributed by atoms with van der Waals surface area (Å²) in [5.41, 5.74) is -0.559. The molecule has 1 amide bonds. The summed E-state index contributed by atoms with van der Waals surface area (Å²) in [5, 5.41) is 2.77. The maximum atomic E-state index is 12.1. The first-order valence-electron chi connectivity index (χ1n) is 7.35. The van der Waals surface area contributed by atoms with Gasteiger partial charge in [-0.1, -0.05) is 13.8 Å². The number of hydrogen-bond acceptors (Lipinski definition) is 4. The fraction of sp³-hybridized carbons (Fsp3) is 0.867. The summed E-state index contributed by atoms with van der Waals surface area (Å²) in [6.45, 7) is 9.82. The van der Waals surface area contributed by atoms with Gasteiger partial charge in [-0.2, -0.15) is 0 Å². The monoisotopic (exact) mass is 285 g/mol. The molecule has 20 heavy (non-hydrogen) atoms. The minimum absolute atomic E-state index is 0.0302. The Balaban J connectivity index is 2.62. The van der Waals surface area contributed by atoms with Crippen LogP contribution in [0.4, 0.5) is 0 Å². The van der Waals surface area contributed by atoms with Crippen molar-refractivity contribution in [2.45, 2.75) is 71.6 Å². The molecule has 0 aliphatic carbocycles. The van der Waals surface area contributed by atoms with Gasteiger partial charge >= 0.3 is 5.97 Å². The summed E-state index contributed by atoms with van der Waals surface area (Å²) in [6.07, 6.45) is 2.25. The lowest BCUT2D eigenvalue weighted by Crippen LogP contribution is -2.51. The molecule has 0 radical (unpaired) electrons. The zero-order valence-corrected chi connectivity index (χ0v) is 13.2. The molecule has 0 spiro atoms. The van der Waals surface area contributed by atoms with E-state index in [0.29, 0.717) is 13.0 Å². The van der Waals surface area contributed by atoms with Crippen molar-refractivity contribution < 1.29 is 19.1 Å². The summed E-state index contributed by atoms with van der Waals surface area (Å²) >= 11 is 0. The predicted molar refractivity (Wildman–Crippen MR) is 76.2 cm³/mol. The first-order chi connectivity index (χ1) is 9.20. The summed E-state index contributed by atoms with van der Waals surface area (Å²) in [6, 6.07) is -0.632. The van der Waals surface area contributed by atoms with E-state index in [-0.39, 0.29) is 11.8 Å². The van der Waals surface area contributed by atoms with Crippen molar-refractivity contribution in [3.8, 4) is 0 Å². The fourth-order valence-corrected chi connectivity index (χ4v) is 2.06. The van der Waals surface area contributed by atoms with E-state index in [2.05, 4.69) is 5.32 Å². The van der Waals surface area contributed by atoms with Crippen molar-refractivity contribution in [3.63, 3.8) is 0 Å². The van der Waals surface area contributed by atoms with Gasteiger partial charge in [0.15, 0.2) is 0 Å². The number of amides is 1. The van der Waals surface area contributed by atoms with E-state index in [1.54, 1.807) is 0 Å². The second kappa shape index (κ2) is 7.07. The fourth-order valence-electron chi connectivity index (χ4n) is 2.06. The van der Waals surface area contributed by atoms with Gasteiger partial charge < -0.3 is 14.8 Å². The quantitative estimate of drug-likeness (QED) is 0.803.